The first kappa shape index (κ1) is 11.6. The predicted molar refractivity (Wildman–Crippen MR) is 63.7 cm³/mol. The van der Waals surface area contributed by atoms with Crippen molar-refractivity contribution >= 4 is 11.6 Å². The largest absolute Gasteiger partial charge is 0.472 e. The van der Waals surface area contributed by atoms with Gasteiger partial charge in [-0.3, -0.25) is 0 Å². The van der Waals surface area contributed by atoms with Crippen LogP contribution in [0.4, 0.5) is 0 Å². The van der Waals surface area contributed by atoms with E-state index in [1.807, 2.05) is 0 Å². The van der Waals surface area contributed by atoms with E-state index in [1.165, 1.54) is 12.8 Å². The van der Waals surface area contributed by atoms with Gasteiger partial charge in [-0.05, 0) is 31.1 Å². The van der Waals surface area contributed by atoms with Crippen LogP contribution in [0.2, 0.25) is 5.15 Å². The summed E-state index contributed by atoms with van der Waals surface area (Å²) in [5.41, 5.74) is 0.450. The Kier molecular flexibility index (Phi) is 3.33. The zero-order valence-corrected chi connectivity index (χ0v) is 10.5. The van der Waals surface area contributed by atoms with Gasteiger partial charge in [0.1, 0.15) is 6.10 Å². The average Bonchev–Trinajstić information content (AvgIpc) is 2.24. The van der Waals surface area contributed by atoms with Crippen LogP contribution in [-0.4, -0.2) is 16.1 Å². The molecule has 1 saturated carbocycles. The van der Waals surface area contributed by atoms with Crippen LogP contribution in [0.5, 0.6) is 5.88 Å². The van der Waals surface area contributed by atoms with E-state index in [0.717, 1.165) is 12.8 Å². The van der Waals surface area contributed by atoms with Gasteiger partial charge in [0.05, 0.1) is 0 Å². The fourth-order valence-electron chi connectivity index (χ4n) is 2.04. The second-order valence-electron chi connectivity index (χ2n) is 5.13. The van der Waals surface area contributed by atoms with Crippen LogP contribution in [0.25, 0.3) is 0 Å². The van der Waals surface area contributed by atoms with Crippen LogP contribution < -0.4 is 4.74 Å². The molecule has 1 aliphatic carbocycles. The molecule has 0 unspecified atom stereocenters. The highest BCUT2D eigenvalue weighted by atomic mass is 35.5. The molecule has 88 valence electrons. The van der Waals surface area contributed by atoms with Crippen molar-refractivity contribution in [2.75, 3.05) is 0 Å². The van der Waals surface area contributed by atoms with E-state index in [1.54, 1.807) is 12.4 Å². The van der Waals surface area contributed by atoms with Gasteiger partial charge in [-0.25, -0.2) is 9.97 Å². The Bertz CT molecular complexity index is 358. The summed E-state index contributed by atoms with van der Waals surface area (Å²) in [5.74, 6) is 0.467. The van der Waals surface area contributed by atoms with Crippen LogP contribution >= 0.6 is 11.6 Å². The number of halogens is 1. The minimum absolute atomic E-state index is 0.238. The monoisotopic (exact) mass is 240 g/mol. The van der Waals surface area contributed by atoms with Gasteiger partial charge in [-0.15, -0.1) is 0 Å². The minimum atomic E-state index is 0.238. The molecule has 0 atom stereocenters. The zero-order valence-electron chi connectivity index (χ0n) is 9.74. The van der Waals surface area contributed by atoms with Gasteiger partial charge in [0.2, 0.25) is 0 Å². The molecule has 3 nitrogen and oxygen atoms in total. The van der Waals surface area contributed by atoms with Crippen LogP contribution in [0.15, 0.2) is 12.4 Å². The summed E-state index contributed by atoms with van der Waals surface area (Å²) in [5, 5.41) is 0.354. The maximum absolute atomic E-state index is 5.90. The Hall–Kier alpha value is -0.830. The Morgan fingerprint density at radius 1 is 1.25 bits per heavy atom. The van der Waals surface area contributed by atoms with Crippen molar-refractivity contribution in [2.24, 2.45) is 5.41 Å². The molecule has 1 heterocycles. The number of nitrogens with zero attached hydrogens (tertiary/aromatic N) is 2. The minimum Gasteiger partial charge on any atom is -0.472 e. The van der Waals surface area contributed by atoms with E-state index < -0.39 is 0 Å². The molecule has 1 aromatic rings. The van der Waals surface area contributed by atoms with Crippen LogP contribution in [-0.2, 0) is 0 Å². The summed E-state index contributed by atoms with van der Waals surface area (Å²) in [4.78, 5) is 8.04. The van der Waals surface area contributed by atoms with Gasteiger partial charge >= 0.3 is 0 Å². The quantitative estimate of drug-likeness (QED) is 0.794. The molecule has 0 N–H and O–H groups in total. The summed E-state index contributed by atoms with van der Waals surface area (Å²) in [7, 11) is 0. The molecular formula is C12H17ClN2O. The number of aromatic nitrogens is 2. The maximum atomic E-state index is 5.90. The molecule has 2 rings (SSSR count). The second kappa shape index (κ2) is 4.58. The summed E-state index contributed by atoms with van der Waals surface area (Å²) < 4.78 is 5.77. The van der Waals surface area contributed by atoms with Crippen molar-refractivity contribution in [3.05, 3.63) is 17.5 Å². The lowest BCUT2D eigenvalue weighted by molar-refractivity contribution is 0.0946. The van der Waals surface area contributed by atoms with Crippen molar-refractivity contribution in [1.29, 1.82) is 0 Å². The summed E-state index contributed by atoms with van der Waals surface area (Å²) >= 11 is 5.90. The summed E-state index contributed by atoms with van der Waals surface area (Å²) in [6, 6.07) is 0. The van der Waals surface area contributed by atoms with Crippen molar-refractivity contribution in [1.82, 2.24) is 9.97 Å². The van der Waals surface area contributed by atoms with Gasteiger partial charge in [0.25, 0.3) is 5.88 Å². The van der Waals surface area contributed by atoms with E-state index in [0.29, 0.717) is 16.4 Å². The van der Waals surface area contributed by atoms with Gasteiger partial charge in [0.15, 0.2) is 5.15 Å². The highest BCUT2D eigenvalue weighted by Crippen LogP contribution is 2.36. The van der Waals surface area contributed by atoms with Gasteiger partial charge < -0.3 is 4.74 Å². The Balaban J connectivity index is 1.95. The van der Waals surface area contributed by atoms with Crippen LogP contribution in [0.3, 0.4) is 0 Å². The molecule has 1 fully saturated rings. The van der Waals surface area contributed by atoms with Crippen LogP contribution in [0.1, 0.15) is 39.5 Å². The number of hydrogen-bond acceptors (Lipinski definition) is 3. The topological polar surface area (TPSA) is 35.0 Å². The van der Waals surface area contributed by atoms with Crippen LogP contribution in [0, 0.1) is 5.41 Å². The molecule has 0 amide bonds. The fraction of sp³-hybridized carbons (Fsp3) is 0.667. The molecular weight excluding hydrogens is 224 g/mol. The Morgan fingerprint density at radius 2 is 1.88 bits per heavy atom. The molecule has 4 heteroatoms. The van der Waals surface area contributed by atoms with Gasteiger partial charge in [0, 0.05) is 12.4 Å². The Labute approximate surface area is 101 Å². The molecule has 0 bridgehead atoms. The Morgan fingerprint density at radius 3 is 2.50 bits per heavy atom. The first-order chi connectivity index (χ1) is 7.57. The summed E-state index contributed by atoms with van der Waals surface area (Å²) in [6.07, 6.45) is 7.93. The zero-order chi connectivity index (χ0) is 11.6. The molecule has 0 aromatic carbocycles. The van der Waals surface area contributed by atoms with E-state index in [2.05, 4.69) is 23.8 Å². The van der Waals surface area contributed by atoms with Gasteiger partial charge in [-0.1, -0.05) is 25.4 Å². The first-order valence-electron chi connectivity index (χ1n) is 5.70. The first-order valence-corrected chi connectivity index (χ1v) is 6.08. The third-order valence-electron chi connectivity index (χ3n) is 3.19. The molecule has 1 aliphatic rings. The highest BCUT2D eigenvalue weighted by Gasteiger charge is 2.28. The SMILES string of the molecule is CC1(C)CCC(Oc2nccnc2Cl)CC1. The number of rotatable bonds is 2. The fourth-order valence-corrected chi connectivity index (χ4v) is 2.19. The van der Waals surface area contributed by atoms with E-state index in [-0.39, 0.29) is 6.10 Å². The van der Waals surface area contributed by atoms with E-state index in [4.69, 9.17) is 16.3 Å². The summed E-state index contributed by atoms with van der Waals surface area (Å²) in [6.45, 7) is 4.61. The third-order valence-corrected chi connectivity index (χ3v) is 3.45. The molecule has 1 aromatic heterocycles. The van der Waals surface area contributed by atoms with Crippen molar-refractivity contribution in [3.63, 3.8) is 0 Å². The normalized spacial score (nSPS) is 20.7. The smallest absolute Gasteiger partial charge is 0.252 e. The lowest BCUT2D eigenvalue weighted by Crippen LogP contribution is -2.28. The molecule has 0 saturated heterocycles. The predicted octanol–water partition coefficient (Wildman–Crippen LogP) is 3.48. The molecule has 0 aliphatic heterocycles. The van der Waals surface area contributed by atoms with E-state index in [9.17, 15) is 0 Å². The van der Waals surface area contributed by atoms with E-state index >= 15 is 0 Å². The third kappa shape index (κ3) is 2.85. The maximum Gasteiger partial charge on any atom is 0.252 e. The van der Waals surface area contributed by atoms with Crippen molar-refractivity contribution in [2.45, 2.75) is 45.6 Å². The standard InChI is InChI=1S/C12H17ClN2O/c1-12(2)5-3-9(4-6-12)16-11-10(13)14-7-8-15-11/h7-9H,3-6H2,1-2H3. The van der Waals surface area contributed by atoms with Gasteiger partial charge in [-0.2, -0.15) is 0 Å². The average molecular weight is 241 g/mol. The number of ether oxygens (including phenoxy) is 1. The van der Waals surface area contributed by atoms with Crippen molar-refractivity contribution in [3.8, 4) is 5.88 Å². The number of hydrogen-bond donors (Lipinski definition) is 0. The highest BCUT2D eigenvalue weighted by molar-refractivity contribution is 6.30. The second-order valence-corrected chi connectivity index (χ2v) is 5.49. The molecule has 0 radical (unpaired) electrons. The lowest BCUT2D eigenvalue weighted by Gasteiger charge is -2.34. The lowest BCUT2D eigenvalue weighted by atomic mass is 9.76. The molecule has 0 spiro atoms. The molecule has 16 heavy (non-hydrogen) atoms. The van der Waals surface area contributed by atoms with Crippen molar-refractivity contribution < 1.29 is 4.74 Å².